The van der Waals surface area contributed by atoms with Crippen LogP contribution in [0.25, 0.3) is 0 Å². The van der Waals surface area contributed by atoms with E-state index in [2.05, 4.69) is 10.3 Å². The van der Waals surface area contributed by atoms with Gasteiger partial charge in [-0.1, -0.05) is 29.3 Å². The molecule has 0 aliphatic heterocycles. The van der Waals surface area contributed by atoms with Crippen LogP contribution >= 0.6 is 23.2 Å². The molecule has 19 heavy (non-hydrogen) atoms. The molecule has 98 valence electrons. The van der Waals surface area contributed by atoms with Gasteiger partial charge in [0.05, 0.1) is 5.69 Å². The van der Waals surface area contributed by atoms with Crippen molar-refractivity contribution in [3.8, 4) is 0 Å². The lowest BCUT2D eigenvalue weighted by atomic mass is 10.1. The van der Waals surface area contributed by atoms with Crippen LogP contribution in [0.15, 0.2) is 30.5 Å². The van der Waals surface area contributed by atoms with E-state index in [1.807, 2.05) is 13.8 Å². The molecule has 0 bridgehead atoms. The quantitative estimate of drug-likeness (QED) is 0.841. The van der Waals surface area contributed by atoms with Gasteiger partial charge in [-0.05, 0) is 43.2 Å². The van der Waals surface area contributed by atoms with Crippen molar-refractivity contribution in [1.82, 2.24) is 4.98 Å². The van der Waals surface area contributed by atoms with Gasteiger partial charge >= 0.3 is 0 Å². The molecule has 0 atom stereocenters. The second kappa shape index (κ2) is 5.59. The van der Waals surface area contributed by atoms with Crippen LogP contribution in [-0.2, 0) is 0 Å². The number of carbonyl (C=O) groups excluding carboxylic acids is 1. The number of hydrogen-bond donors (Lipinski definition) is 1. The van der Waals surface area contributed by atoms with Crippen molar-refractivity contribution in [1.29, 1.82) is 0 Å². The minimum atomic E-state index is -0.264. The summed E-state index contributed by atoms with van der Waals surface area (Å²) >= 11 is 12.0. The van der Waals surface area contributed by atoms with E-state index in [1.54, 1.807) is 30.5 Å². The third-order valence-electron chi connectivity index (χ3n) is 2.79. The van der Waals surface area contributed by atoms with E-state index in [-0.39, 0.29) is 11.1 Å². The Morgan fingerprint density at radius 1 is 1.16 bits per heavy atom. The molecule has 1 N–H and O–H groups in total. The lowest BCUT2D eigenvalue weighted by Crippen LogP contribution is -2.13. The molecule has 0 aliphatic carbocycles. The fourth-order valence-electron chi connectivity index (χ4n) is 1.60. The number of nitrogens with one attached hydrogen (secondary N) is 1. The van der Waals surface area contributed by atoms with Crippen LogP contribution in [-0.4, -0.2) is 10.9 Å². The van der Waals surface area contributed by atoms with E-state index in [1.165, 1.54) is 0 Å². The molecule has 3 nitrogen and oxygen atoms in total. The minimum absolute atomic E-state index is 0.264. The summed E-state index contributed by atoms with van der Waals surface area (Å²) < 4.78 is 0. The maximum Gasteiger partial charge on any atom is 0.255 e. The summed E-state index contributed by atoms with van der Waals surface area (Å²) in [6.45, 7) is 3.73. The molecule has 0 aliphatic rings. The highest BCUT2D eigenvalue weighted by Crippen LogP contribution is 2.24. The van der Waals surface area contributed by atoms with Gasteiger partial charge in [0.25, 0.3) is 5.91 Å². The Morgan fingerprint density at radius 2 is 1.89 bits per heavy atom. The number of aryl methyl sites for hydroxylation is 2. The van der Waals surface area contributed by atoms with Gasteiger partial charge in [-0.3, -0.25) is 4.79 Å². The van der Waals surface area contributed by atoms with Gasteiger partial charge in [0.1, 0.15) is 0 Å². The van der Waals surface area contributed by atoms with Gasteiger partial charge in [-0.15, -0.1) is 0 Å². The lowest BCUT2D eigenvalue weighted by molar-refractivity contribution is 0.102. The first-order chi connectivity index (χ1) is 8.99. The van der Waals surface area contributed by atoms with Gasteiger partial charge in [0.15, 0.2) is 5.15 Å². The summed E-state index contributed by atoms with van der Waals surface area (Å²) in [6, 6.07) is 6.93. The number of nitrogens with zero attached hydrogens (tertiary/aromatic N) is 1. The molecule has 1 aromatic carbocycles. The number of pyridine rings is 1. The molecule has 0 saturated heterocycles. The molecule has 0 spiro atoms. The zero-order valence-electron chi connectivity index (χ0n) is 10.5. The topological polar surface area (TPSA) is 42.0 Å². The molecule has 5 heteroatoms. The highest BCUT2D eigenvalue weighted by Gasteiger charge is 2.12. The molecule has 1 aromatic heterocycles. The Hall–Kier alpha value is -1.58. The zero-order chi connectivity index (χ0) is 14.0. The number of benzene rings is 1. The van der Waals surface area contributed by atoms with E-state index in [0.29, 0.717) is 16.3 Å². The van der Waals surface area contributed by atoms with Crippen molar-refractivity contribution in [3.63, 3.8) is 0 Å². The number of aromatic nitrogens is 1. The van der Waals surface area contributed by atoms with Crippen LogP contribution in [0, 0.1) is 13.8 Å². The second-order valence-corrected chi connectivity index (χ2v) is 4.98. The van der Waals surface area contributed by atoms with Crippen molar-refractivity contribution in [2.24, 2.45) is 0 Å². The van der Waals surface area contributed by atoms with Crippen LogP contribution in [0.5, 0.6) is 0 Å². The lowest BCUT2D eigenvalue weighted by Gasteiger charge is -2.10. The predicted octanol–water partition coefficient (Wildman–Crippen LogP) is 4.26. The first kappa shape index (κ1) is 13.8. The van der Waals surface area contributed by atoms with Crippen molar-refractivity contribution < 1.29 is 4.79 Å². The summed E-state index contributed by atoms with van der Waals surface area (Å²) in [5, 5.41) is 3.58. The summed E-state index contributed by atoms with van der Waals surface area (Å²) in [7, 11) is 0. The number of rotatable bonds is 2. The Balaban J connectivity index is 2.28. The Bertz CT molecular complexity index is 621. The highest BCUT2D eigenvalue weighted by atomic mass is 35.5. The Kier molecular flexibility index (Phi) is 4.08. The van der Waals surface area contributed by atoms with Gasteiger partial charge in [0.2, 0.25) is 0 Å². The average Bonchev–Trinajstić information content (AvgIpc) is 2.37. The molecule has 2 rings (SSSR count). The molecule has 1 amide bonds. The third-order valence-corrected chi connectivity index (χ3v) is 3.48. The third kappa shape index (κ3) is 3.06. The standard InChI is InChI=1S/C14H12Cl2N2O/c1-8-3-4-10(7-11(8)15)14(19)18-12-9(2)5-6-17-13(12)16/h3-7H,1-2H3,(H,18,19). The fourth-order valence-corrected chi connectivity index (χ4v) is 2.03. The smallest absolute Gasteiger partial charge is 0.255 e. The molecule has 0 radical (unpaired) electrons. The normalized spacial score (nSPS) is 10.3. The molecular weight excluding hydrogens is 283 g/mol. The SMILES string of the molecule is Cc1ccc(C(=O)Nc2c(C)ccnc2Cl)cc1Cl. The highest BCUT2D eigenvalue weighted by molar-refractivity contribution is 6.33. The van der Waals surface area contributed by atoms with Crippen LogP contribution < -0.4 is 5.32 Å². The number of hydrogen-bond acceptors (Lipinski definition) is 2. The molecule has 0 saturated carbocycles. The maximum absolute atomic E-state index is 12.1. The number of anilines is 1. The minimum Gasteiger partial charge on any atom is -0.319 e. The van der Waals surface area contributed by atoms with E-state index in [4.69, 9.17) is 23.2 Å². The van der Waals surface area contributed by atoms with Crippen LogP contribution in [0.2, 0.25) is 10.2 Å². The molecular formula is C14H12Cl2N2O. The monoisotopic (exact) mass is 294 g/mol. The number of halogens is 2. The van der Waals surface area contributed by atoms with Crippen molar-refractivity contribution in [2.45, 2.75) is 13.8 Å². The van der Waals surface area contributed by atoms with Crippen LogP contribution in [0.1, 0.15) is 21.5 Å². The van der Waals surface area contributed by atoms with Gasteiger partial charge in [0, 0.05) is 16.8 Å². The van der Waals surface area contributed by atoms with Crippen molar-refractivity contribution in [2.75, 3.05) is 5.32 Å². The number of amides is 1. The second-order valence-electron chi connectivity index (χ2n) is 4.21. The van der Waals surface area contributed by atoms with E-state index in [9.17, 15) is 4.79 Å². The van der Waals surface area contributed by atoms with Crippen molar-refractivity contribution >= 4 is 34.8 Å². The average molecular weight is 295 g/mol. The van der Waals surface area contributed by atoms with Gasteiger partial charge < -0.3 is 5.32 Å². The summed E-state index contributed by atoms with van der Waals surface area (Å²) in [5.74, 6) is -0.264. The predicted molar refractivity (Wildman–Crippen MR) is 78.1 cm³/mol. The van der Waals surface area contributed by atoms with E-state index < -0.39 is 0 Å². The fraction of sp³-hybridized carbons (Fsp3) is 0.143. The molecule has 0 unspecified atom stereocenters. The summed E-state index contributed by atoms with van der Waals surface area (Å²) in [4.78, 5) is 16.1. The van der Waals surface area contributed by atoms with Crippen LogP contribution in [0.3, 0.4) is 0 Å². The maximum atomic E-state index is 12.1. The molecule has 1 heterocycles. The molecule has 0 fully saturated rings. The zero-order valence-corrected chi connectivity index (χ0v) is 12.0. The van der Waals surface area contributed by atoms with Gasteiger partial charge in [-0.25, -0.2) is 4.98 Å². The van der Waals surface area contributed by atoms with E-state index >= 15 is 0 Å². The molecule has 2 aromatic rings. The Labute approximate surface area is 121 Å². The first-order valence-corrected chi connectivity index (χ1v) is 6.43. The first-order valence-electron chi connectivity index (χ1n) is 5.67. The number of carbonyl (C=O) groups is 1. The Morgan fingerprint density at radius 3 is 2.53 bits per heavy atom. The van der Waals surface area contributed by atoms with Crippen LogP contribution in [0.4, 0.5) is 5.69 Å². The van der Waals surface area contributed by atoms with Crippen molar-refractivity contribution in [3.05, 3.63) is 57.3 Å². The summed E-state index contributed by atoms with van der Waals surface area (Å²) in [6.07, 6.45) is 1.59. The van der Waals surface area contributed by atoms with E-state index in [0.717, 1.165) is 11.1 Å². The van der Waals surface area contributed by atoms with Gasteiger partial charge in [-0.2, -0.15) is 0 Å². The largest absolute Gasteiger partial charge is 0.319 e. The summed E-state index contributed by atoms with van der Waals surface area (Å²) in [5.41, 5.74) is 2.78.